The highest BCUT2D eigenvalue weighted by atomic mass is 16.6. The molecule has 7 heteroatoms. The molecule has 0 bridgehead atoms. The molecule has 2 fully saturated rings. The molecule has 2 aliphatic rings. The first-order chi connectivity index (χ1) is 15.5. The Kier molecular flexibility index (Phi) is 6.63. The van der Waals surface area contributed by atoms with Crippen LogP contribution in [-0.2, 0) is 20.7 Å². The molecular formula is C25H31N3O4. The number of piperazine rings is 1. The summed E-state index contributed by atoms with van der Waals surface area (Å²) in [6, 6.07) is 14.6. The average molecular weight is 438 g/mol. The number of rotatable bonds is 6. The van der Waals surface area contributed by atoms with E-state index in [2.05, 4.69) is 35.6 Å². The van der Waals surface area contributed by atoms with Gasteiger partial charge in [-0.1, -0.05) is 42.5 Å². The first kappa shape index (κ1) is 22.1. The zero-order valence-electron chi connectivity index (χ0n) is 18.6. The molecule has 2 saturated heterocycles. The number of hydrogen-bond acceptors (Lipinski definition) is 4. The molecule has 2 aliphatic heterocycles. The molecule has 0 aliphatic carbocycles. The molecule has 3 amide bonds. The Hall–Kier alpha value is -3.09. The lowest BCUT2D eigenvalue weighted by Crippen LogP contribution is -2.51. The van der Waals surface area contributed by atoms with E-state index in [9.17, 15) is 14.4 Å². The summed E-state index contributed by atoms with van der Waals surface area (Å²) in [6.45, 7) is 4.15. The van der Waals surface area contributed by atoms with Crippen molar-refractivity contribution in [2.45, 2.75) is 44.6 Å². The maximum absolute atomic E-state index is 12.9. The number of carbonyl (C=O) groups excluding carboxylic acids is 3. The summed E-state index contributed by atoms with van der Waals surface area (Å²) in [5.74, 6) is 0.133. The minimum atomic E-state index is -0.387. The fourth-order valence-electron chi connectivity index (χ4n) is 4.78. The van der Waals surface area contributed by atoms with Gasteiger partial charge in [0.05, 0.1) is 6.61 Å². The number of amides is 3. The van der Waals surface area contributed by atoms with Gasteiger partial charge in [0.15, 0.2) is 0 Å². The number of benzene rings is 2. The fraction of sp³-hybridized carbons (Fsp3) is 0.480. The van der Waals surface area contributed by atoms with Gasteiger partial charge < -0.3 is 19.9 Å². The largest absolute Gasteiger partial charge is 0.450 e. The molecule has 2 heterocycles. The topological polar surface area (TPSA) is 79.0 Å². The first-order valence-corrected chi connectivity index (χ1v) is 11.5. The summed E-state index contributed by atoms with van der Waals surface area (Å²) in [4.78, 5) is 40.3. The van der Waals surface area contributed by atoms with Crippen LogP contribution in [0.15, 0.2) is 42.5 Å². The van der Waals surface area contributed by atoms with E-state index < -0.39 is 0 Å². The SMILES string of the molecule is CCOC(=O)N1CCN(C(=O)CC[C@]2(Cc3ccc4ccccc4c3)CCC(=O)N2)CC1. The van der Waals surface area contributed by atoms with Crippen LogP contribution in [0.1, 0.15) is 38.2 Å². The Labute approximate surface area is 188 Å². The van der Waals surface area contributed by atoms with Crippen LogP contribution in [0.2, 0.25) is 0 Å². The van der Waals surface area contributed by atoms with E-state index in [-0.39, 0.29) is 23.4 Å². The standard InChI is InChI=1S/C25H31N3O4/c1-2-32-24(31)28-15-13-27(14-16-28)23(30)10-12-25(11-9-22(29)26-25)18-19-7-8-20-5-3-4-6-21(20)17-19/h3-8,17H,2,9-16,18H2,1H3,(H,26,29)/t25-/m0/s1. The monoisotopic (exact) mass is 437 g/mol. The van der Waals surface area contributed by atoms with E-state index in [0.29, 0.717) is 58.5 Å². The molecule has 0 unspecified atom stereocenters. The molecule has 7 nitrogen and oxygen atoms in total. The van der Waals surface area contributed by atoms with Gasteiger partial charge in [-0.2, -0.15) is 0 Å². The van der Waals surface area contributed by atoms with Crippen molar-refractivity contribution in [3.8, 4) is 0 Å². The predicted octanol–water partition coefficient (Wildman–Crippen LogP) is 3.11. The summed E-state index contributed by atoms with van der Waals surface area (Å²) in [6.07, 6.45) is 2.63. The van der Waals surface area contributed by atoms with E-state index in [1.54, 1.807) is 11.8 Å². The summed E-state index contributed by atoms with van der Waals surface area (Å²) in [7, 11) is 0. The quantitative estimate of drug-likeness (QED) is 0.753. The average Bonchev–Trinajstić information content (AvgIpc) is 3.18. The Morgan fingerprint density at radius 3 is 2.44 bits per heavy atom. The van der Waals surface area contributed by atoms with Crippen molar-refractivity contribution < 1.29 is 19.1 Å². The summed E-state index contributed by atoms with van der Waals surface area (Å²) >= 11 is 0. The predicted molar refractivity (Wildman–Crippen MR) is 122 cm³/mol. The van der Waals surface area contributed by atoms with E-state index in [1.165, 1.54) is 16.3 Å². The summed E-state index contributed by atoms with van der Waals surface area (Å²) in [5.41, 5.74) is 0.781. The van der Waals surface area contributed by atoms with Crippen LogP contribution in [0.3, 0.4) is 0 Å². The first-order valence-electron chi connectivity index (χ1n) is 11.5. The van der Waals surface area contributed by atoms with Crippen LogP contribution in [0.4, 0.5) is 4.79 Å². The fourth-order valence-corrected chi connectivity index (χ4v) is 4.78. The van der Waals surface area contributed by atoms with Crippen molar-refractivity contribution in [2.24, 2.45) is 0 Å². The number of hydrogen-bond donors (Lipinski definition) is 1. The molecular weight excluding hydrogens is 406 g/mol. The Balaban J connectivity index is 1.37. The lowest BCUT2D eigenvalue weighted by atomic mass is 9.84. The zero-order valence-corrected chi connectivity index (χ0v) is 18.6. The van der Waals surface area contributed by atoms with Gasteiger partial charge in [-0.3, -0.25) is 9.59 Å². The highest BCUT2D eigenvalue weighted by Gasteiger charge is 2.38. The van der Waals surface area contributed by atoms with E-state index in [0.717, 1.165) is 6.42 Å². The summed E-state index contributed by atoms with van der Waals surface area (Å²) in [5, 5.41) is 5.55. The van der Waals surface area contributed by atoms with Gasteiger partial charge in [-0.15, -0.1) is 0 Å². The van der Waals surface area contributed by atoms with Gasteiger partial charge in [0.1, 0.15) is 0 Å². The van der Waals surface area contributed by atoms with E-state index in [4.69, 9.17) is 4.74 Å². The maximum atomic E-state index is 12.9. The maximum Gasteiger partial charge on any atom is 0.409 e. The van der Waals surface area contributed by atoms with Gasteiger partial charge in [-0.05, 0) is 42.5 Å². The van der Waals surface area contributed by atoms with Crippen molar-refractivity contribution in [2.75, 3.05) is 32.8 Å². The van der Waals surface area contributed by atoms with Gasteiger partial charge in [0, 0.05) is 44.6 Å². The van der Waals surface area contributed by atoms with Gasteiger partial charge in [0.2, 0.25) is 11.8 Å². The van der Waals surface area contributed by atoms with E-state index in [1.807, 2.05) is 17.0 Å². The Bertz CT molecular complexity index is 1000. The molecule has 2 aromatic carbocycles. The third-order valence-corrected chi connectivity index (χ3v) is 6.57. The van der Waals surface area contributed by atoms with Crippen LogP contribution in [0, 0.1) is 0 Å². The number of ether oxygens (including phenoxy) is 1. The highest BCUT2D eigenvalue weighted by molar-refractivity contribution is 5.83. The molecule has 0 radical (unpaired) electrons. The normalized spacial score (nSPS) is 21.0. The zero-order chi connectivity index (χ0) is 22.6. The molecule has 0 saturated carbocycles. The minimum absolute atomic E-state index is 0.0567. The van der Waals surface area contributed by atoms with Crippen molar-refractivity contribution in [3.05, 3.63) is 48.0 Å². The molecule has 1 atom stereocenters. The second-order valence-electron chi connectivity index (χ2n) is 8.75. The number of carbonyl (C=O) groups is 3. The van der Waals surface area contributed by atoms with E-state index >= 15 is 0 Å². The van der Waals surface area contributed by atoms with Gasteiger partial charge in [0.25, 0.3) is 0 Å². The van der Waals surface area contributed by atoms with Crippen molar-refractivity contribution in [1.82, 2.24) is 15.1 Å². The summed E-state index contributed by atoms with van der Waals surface area (Å²) < 4.78 is 5.04. The molecule has 2 aromatic rings. The second-order valence-corrected chi connectivity index (χ2v) is 8.75. The van der Waals surface area contributed by atoms with Crippen LogP contribution < -0.4 is 5.32 Å². The Morgan fingerprint density at radius 2 is 1.75 bits per heavy atom. The van der Waals surface area contributed by atoms with Gasteiger partial charge >= 0.3 is 6.09 Å². The lowest BCUT2D eigenvalue weighted by molar-refractivity contribution is -0.133. The molecule has 4 rings (SSSR count). The third kappa shape index (κ3) is 5.03. The number of nitrogens with one attached hydrogen (secondary N) is 1. The van der Waals surface area contributed by atoms with Crippen LogP contribution in [-0.4, -0.2) is 66.0 Å². The molecule has 170 valence electrons. The molecule has 32 heavy (non-hydrogen) atoms. The van der Waals surface area contributed by atoms with Crippen molar-refractivity contribution >= 4 is 28.7 Å². The number of nitrogens with zero attached hydrogens (tertiary/aromatic N) is 2. The van der Waals surface area contributed by atoms with Crippen LogP contribution in [0.5, 0.6) is 0 Å². The minimum Gasteiger partial charge on any atom is -0.450 e. The lowest BCUT2D eigenvalue weighted by Gasteiger charge is -2.35. The third-order valence-electron chi connectivity index (χ3n) is 6.57. The second kappa shape index (κ2) is 9.59. The Morgan fingerprint density at radius 1 is 1.03 bits per heavy atom. The van der Waals surface area contributed by atoms with Crippen molar-refractivity contribution in [1.29, 1.82) is 0 Å². The van der Waals surface area contributed by atoms with Gasteiger partial charge in [-0.25, -0.2) is 4.79 Å². The van der Waals surface area contributed by atoms with Crippen molar-refractivity contribution in [3.63, 3.8) is 0 Å². The highest BCUT2D eigenvalue weighted by Crippen LogP contribution is 2.31. The molecule has 0 spiro atoms. The number of fused-ring (bicyclic) bond motifs is 1. The molecule has 0 aromatic heterocycles. The molecule has 1 N–H and O–H groups in total. The van der Waals surface area contributed by atoms with Crippen LogP contribution >= 0.6 is 0 Å². The van der Waals surface area contributed by atoms with Crippen LogP contribution in [0.25, 0.3) is 10.8 Å². The smallest absolute Gasteiger partial charge is 0.409 e.